The maximum absolute atomic E-state index is 12.7. The van der Waals surface area contributed by atoms with Crippen LogP contribution >= 0.6 is 0 Å². The number of para-hydroxylation sites is 1. The van der Waals surface area contributed by atoms with Crippen molar-refractivity contribution in [2.45, 2.75) is 64.5 Å². The first-order valence-electron chi connectivity index (χ1n) is 8.24. The lowest BCUT2D eigenvalue weighted by Gasteiger charge is -2.22. The van der Waals surface area contributed by atoms with Gasteiger partial charge in [-0.2, -0.15) is 0 Å². The third-order valence-corrected chi connectivity index (χ3v) is 4.19. The van der Waals surface area contributed by atoms with Crippen molar-refractivity contribution in [3.8, 4) is 5.75 Å². The van der Waals surface area contributed by atoms with Gasteiger partial charge in [0.05, 0.1) is 18.2 Å². The van der Waals surface area contributed by atoms with E-state index in [1.165, 1.54) is 38.5 Å². The quantitative estimate of drug-likeness (QED) is 0.636. The van der Waals surface area contributed by atoms with Gasteiger partial charge in [0.2, 0.25) is 0 Å². The van der Waals surface area contributed by atoms with Crippen molar-refractivity contribution in [1.29, 1.82) is 0 Å². The minimum absolute atomic E-state index is 0.128. The van der Waals surface area contributed by atoms with Gasteiger partial charge in [-0.05, 0) is 38.8 Å². The molecule has 1 saturated carbocycles. The smallest absolute Gasteiger partial charge is 0.183 e. The SMILES string of the molecule is CCOc1ccccc1C(=O)C(C)NC1CCCCCC1. The summed E-state index contributed by atoms with van der Waals surface area (Å²) in [6.45, 7) is 4.49. The fourth-order valence-corrected chi connectivity index (χ4v) is 3.06. The topological polar surface area (TPSA) is 38.3 Å². The number of hydrogen-bond acceptors (Lipinski definition) is 3. The molecule has 1 atom stereocenters. The summed E-state index contributed by atoms with van der Waals surface area (Å²) < 4.78 is 5.57. The van der Waals surface area contributed by atoms with Gasteiger partial charge in [-0.25, -0.2) is 0 Å². The number of ether oxygens (including phenoxy) is 1. The number of benzene rings is 1. The summed E-state index contributed by atoms with van der Waals surface area (Å²) in [6, 6.07) is 7.85. The molecule has 0 aliphatic heterocycles. The molecule has 0 amide bonds. The zero-order valence-electron chi connectivity index (χ0n) is 13.2. The van der Waals surface area contributed by atoms with E-state index in [9.17, 15) is 4.79 Å². The molecule has 3 nitrogen and oxygen atoms in total. The molecular weight excluding hydrogens is 262 g/mol. The summed E-state index contributed by atoms with van der Waals surface area (Å²) in [7, 11) is 0. The molecule has 2 rings (SSSR count). The molecule has 3 heteroatoms. The van der Waals surface area contributed by atoms with Crippen LogP contribution in [0, 0.1) is 0 Å². The molecule has 1 aliphatic carbocycles. The Labute approximate surface area is 128 Å². The van der Waals surface area contributed by atoms with Crippen LogP contribution in [0.2, 0.25) is 0 Å². The molecule has 1 aromatic carbocycles. The standard InChI is InChI=1S/C18H27NO2/c1-3-21-17-13-9-8-12-16(17)18(20)14(2)19-15-10-6-4-5-7-11-15/h8-9,12-15,19H,3-7,10-11H2,1-2H3. The molecule has 1 aromatic rings. The summed E-state index contributed by atoms with van der Waals surface area (Å²) in [5, 5.41) is 3.52. The Hall–Kier alpha value is -1.35. The maximum Gasteiger partial charge on any atom is 0.183 e. The second-order valence-electron chi connectivity index (χ2n) is 5.87. The Morgan fingerprint density at radius 3 is 2.57 bits per heavy atom. The average molecular weight is 289 g/mol. The number of carbonyl (C=O) groups is 1. The molecule has 0 spiro atoms. The number of rotatable bonds is 6. The van der Waals surface area contributed by atoms with Crippen molar-refractivity contribution in [3.63, 3.8) is 0 Å². The van der Waals surface area contributed by atoms with Crippen molar-refractivity contribution in [3.05, 3.63) is 29.8 Å². The van der Waals surface area contributed by atoms with Gasteiger partial charge in [-0.3, -0.25) is 4.79 Å². The van der Waals surface area contributed by atoms with Gasteiger partial charge in [0.15, 0.2) is 5.78 Å². The highest BCUT2D eigenvalue weighted by Crippen LogP contribution is 2.21. The molecule has 1 fully saturated rings. The number of hydrogen-bond donors (Lipinski definition) is 1. The first-order chi connectivity index (χ1) is 10.2. The van der Waals surface area contributed by atoms with Crippen molar-refractivity contribution in [2.75, 3.05) is 6.61 Å². The molecule has 0 saturated heterocycles. The predicted molar refractivity (Wildman–Crippen MR) is 86.0 cm³/mol. The Kier molecular flexibility index (Phi) is 6.24. The Bertz CT molecular complexity index is 450. The fourth-order valence-electron chi connectivity index (χ4n) is 3.06. The summed E-state index contributed by atoms with van der Waals surface area (Å²) in [4.78, 5) is 12.7. The normalized spacial score (nSPS) is 18.0. The fraction of sp³-hybridized carbons (Fsp3) is 0.611. The monoisotopic (exact) mass is 289 g/mol. The number of Topliss-reactive ketones (excluding diaryl/α,β-unsaturated/α-hetero) is 1. The third-order valence-electron chi connectivity index (χ3n) is 4.19. The highest BCUT2D eigenvalue weighted by molar-refractivity contribution is 6.02. The zero-order valence-corrected chi connectivity index (χ0v) is 13.2. The second-order valence-corrected chi connectivity index (χ2v) is 5.87. The minimum Gasteiger partial charge on any atom is -0.493 e. The maximum atomic E-state index is 12.7. The average Bonchev–Trinajstić information content (AvgIpc) is 2.76. The Morgan fingerprint density at radius 1 is 1.24 bits per heavy atom. The highest BCUT2D eigenvalue weighted by atomic mass is 16.5. The third kappa shape index (κ3) is 4.57. The van der Waals surface area contributed by atoms with Gasteiger partial charge < -0.3 is 10.1 Å². The summed E-state index contributed by atoms with van der Waals surface area (Å²) >= 11 is 0. The molecule has 21 heavy (non-hydrogen) atoms. The van der Waals surface area contributed by atoms with Gasteiger partial charge >= 0.3 is 0 Å². The van der Waals surface area contributed by atoms with Crippen LogP contribution in [-0.2, 0) is 0 Å². The van der Waals surface area contributed by atoms with E-state index < -0.39 is 0 Å². The molecular formula is C18H27NO2. The van der Waals surface area contributed by atoms with Crippen LogP contribution in [0.15, 0.2) is 24.3 Å². The van der Waals surface area contributed by atoms with Crippen LogP contribution in [0.4, 0.5) is 0 Å². The molecule has 0 heterocycles. The van der Waals surface area contributed by atoms with Crippen molar-refractivity contribution in [2.24, 2.45) is 0 Å². The minimum atomic E-state index is -0.158. The second kappa shape index (κ2) is 8.18. The van der Waals surface area contributed by atoms with Crippen LogP contribution in [0.3, 0.4) is 0 Å². The molecule has 1 aliphatic rings. The molecule has 1 unspecified atom stereocenters. The van der Waals surface area contributed by atoms with Gasteiger partial charge in [-0.15, -0.1) is 0 Å². The molecule has 0 bridgehead atoms. The van der Waals surface area contributed by atoms with Crippen molar-refractivity contribution < 1.29 is 9.53 Å². The summed E-state index contributed by atoms with van der Waals surface area (Å²) in [6.07, 6.45) is 7.57. The molecule has 0 aromatic heterocycles. The molecule has 116 valence electrons. The number of ketones is 1. The number of carbonyl (C=O) groups excluding carboxylic acids is 1. The summed E-state index contributed by atoms with van der Waals surface area (Å²) in [5.74, 6) is 0.822. The largest absolute Gasteiger partial charge is 0.493 e. The van der Waals surface area contributed by atoms with E-state index in [0.717, 1.165) is 0 Å². The van der Waals surface area contributed by atoms with Crippen molar-refractivity contribution >= 4 is 5.78 Å². The van der Waals surface area contributed by atoms with Crippen molar-refractivity contribution in [1.82, 2.24) is 5.32 Å². The zero-order chi connectivity index (χ0) is 15.1. The van der Waals surface area contributed by atoms with E-state index >= 15 is 0 Å². The van der Waals surface area contributed by atoms with Gasteiger partial charge in [0.25, 0.3) is 0 Å². The first kappa shape index (κ1) is 16.0. The van der Waals surface area contributed by atoms with Gasteiger partial charge in [-0.1, -0.05) is 37.8 Å². The lowest BCUT2D eigenvalue weighted by atomic mass is 10.0. The van der Waals surface area contributed by atoms with Crippen LogP contribution < -0.4 is 10.1 Å². The predicted octanol–water partition coefficient (Wildman–Crippen LogP) is 3.97. The first-order valence-corrected chi connectivity index (χ1v) is 8.24. The van der Waals surface area contributed by atoms with E-state index in [4.69, 9.17) is 4.74 Å². The summed E-state index contributed by atoms with van der Waals surface area (Å²) in [5.41, 5.74) is 0.688. The van der Waals surface area contributed by atoms with Gasteiger partial charge in [0, 0.05) is 6.04 Å². The molecule has 1 N–H and O–H groups in total. The Morgan fingerprint density at radius 2 is 1.90 bits per heavy atom. The lowest BCUT2D eigenvalue weighted by molar-refractivity contribution is 0.0939. The van der Waals surface area contributed by atoms with E-state index in [1.54, 1.807) is 0 Å². The van der Waals surface area contributed by atoms with Crippen LogP contribution in [0.1, 0.15) is 62.7 Å². The van der Waals surface area contributed by atoms with E-state index in [1.807, 2.05) is 38.1 Å². The molecule has 0 radical (unpaired) electrons. The van der Waals surface area contributed by atoms with Gasteiger partial charge in [0.1, 0.15) is 5.75 Å². The van der Waals surface area contributed by atoms with Crippen LogP contribution in [-0.4, -0.2) is 24.5 Å². The highest BCUT2D eigenvalue weighted by Gasteiger charge is 2.22. The number of nitrogens with one attached hydrogen (secondary N) is 1. The van der Waals surface area contributed by atoms with E-state index in [0.29, 0.717) is 24.0 Å². The Balaban J connectivity index is 2.01. The van der Waals surface area contributed by atoms with Crippen LogP contribution in [0.25, 0.3) is 0 Å². The lowest BCUT2D eigenvalue weighted by Crippen LogP contribution is -2.41. The van der Waals surface area contributed by atoms with Crippen LogP contribution in [0.5, 0.6) is 5.75 Å². The van der Waals surface area contributed by atoms with E-state index in [2.05, 4.69) is 5.32 Å². The van der Waals surface area contributed by atoms with E-state index in [-0.39, 0.29) is 11.8 Å².